The van der Waals surface area contributed by atoms with Crippen LogP contribution in [0.5, 0.6) is 0 Å². The van der Waals surface area contributed by atoms with E-state index in [1.165, 1.54) is 24.8 Å². The molecule has 1 saturated carbocycles. The van der Waals surface area contributed by atoms with Crippen LogP contribution in [0.25, 0.3) is 5.82 Å². The van der Waals surface area contributed by atoms with Crippen molar-refractivity contribution in [1.29, 1.82) is 0 Å². The Morgan fingerprint density at radius 1 is 1.12 bits per heavy atom. The molecule has 4 rings (SSSR count). The highest BCUT2D eigenvalue weighted by Gasteiger charge is 2.32. The minimum atomic E-state index is 0.454. The van der Waals surface area contributed by atoms with Crippen LogP contribution in [0.2, 0.25) is 0 Å². The van der Waals surface area contributed by atoms with Gasteiger partial charge in [-0.15, -0.1) is 0 Å². The smallest absolute Gasteiger partial charge is 0.159 e. The fourth-order valence-corrected chi connectivity index (χ4v) is 3.91. The summed E-state index contributed by atoms with van der Waals surface area (Å²) in [5.74, 6) is 3.19. The van der Waals surface area contributed by atoms with Gasteiger partial charge in [0, 0.05) is 31.4 Å². The molecule has 0 saturated heterocycles. The lowest BCUT2D eigenvalue weighted by atomic mass is 9.93. The SMILES string of the molecule is Cc1nccn1-c1cncc(N(C)C2CCCC2c2ccccc2)n1. The normalized spacial score (nSPS) is 19.9. The molecular formula is C20H23N5. The van der Waals surface area contributed by atoms with Gasteiger partial charge >= 0.3 is 0 Å². The number of hydrogen-bond acceptors (Lipinski definition) is 4. The molecule has 0 aliphatic heterocycles. The van der Waals surface area contributed by atoms with Crippen molar-refractivity contribution in [2.75, 3.05) is 11.9 Å². The molecule has 0 spiro atoms. The zero-order valence-electron chi connectivity index (χ0n) is 14.7. The predicted molar refractivity (Wildman–Crippen MR) is 99.1 cm³/mol. The van der Waals surface area contributed by atoms with E-state index in [2.05, 4.69) is 52.2 Å². The summed E-state index contributed by atoms with van der Waals surface area (Å²) in [5.41, 5.74) is 1.42. The molecule has 2 atom stereocenters. The van der Waals surface area contributed by atoms with E-state index in [4.69, 9.17) is 4.98 Å². The molecule has 2 unspecified atom stereocenters. The number of nitrogens with zero attached hydrogens (tertiary/aromatic N) is 5. The van der Waals surface area contributed by atoms with Gasteiger partial charge in [-0.25, -0.2) is 9.97 Å². The van der Waals surface area contributed by atoms with E-state index in [0.717, 1.165) is 17.5 Å². The van der Waals surface area contributed by atoms with Gasteiger partial charge in [-0.2, -0.15) is 0 Å². The maximum atomic E-state index is 4.84. The molecule has 1 fully saturated rings. The second-order valence-electron chi connectivity index (χ2n) is 6.71. The van der Waals surface area contributed by atoms with Crippen molar-refractivity contribution >= 4 is 5.82 Å². The van der Waals surface area contributed by atoms with E-state index < -0.39 is 0 Å². The summed E-state index contributed by atoms with van der Waals surface area (Å²) in [5, 5.41) is 0. The Morgan fingerprint density at radius 2 is 1.96 bits per heavy atom. The van der Waals surface area contributed by atoms with Crippen LogP contribution in [0.3, 0.4) is 0 Å². The van der Waals surface area contributed by atoms with Crippen LogP contribution in [0.4, 0.5) is 5.82 Å². The van der Waals surface area contributed by atoms with E-state index >= 15 is 0 Å². The number of likely N-dealkylation sites (N-methyl/N-ethyl adjacent to an activating group) is 1. The first-order valence-electron chi connectivity index (χ1n) is 8.84. The fraction of sp³-hybridized carbons (Fsp3) is 0.350. The molecule has 1 aliphatic rings. The zero-order valence-corrected chi connectivity index (χ0v) is 14.7. The Morgan fingerprint density at radius 3 is 2.72 bits per heavy atom. The van der Waals surface area contributed by atoms with E-state index in [1.54, 1.807) is 12.4 Å². The Balaban J connectivity index is 1.62. The van der Waals surface area contributed by atoms with Gasteiger partial charge in [0.2, 0.25) is 0 Å². The number of aromatic nitrogens is 4. The predicted octanol–water partition coefficient (Wildman–Crippen LogP) is 3.74. The molecule has 5 heteroatoms. The Hall–Kier alpha value is -2.69. The van der Waals surface area contributed by atoms with Gasteiger partial charge in [0.05, 0.1) is 12.4 Å². The van der Waals surface area contributed by atoms with Crippen molar-refractivity contribution in [1.82, 2.24) is 19.5 Å². The average molecular weight is 333 g/mol. The topological polar surface area (TPSA) is 46.8 Å². The van der Waals surface area contributed by atoms with E-state index in [0.29, 0.717) is 12.0 Å². The summed E-state index contributed by atoms with van der Waals surface area (Å²) in [6.07, 6.45) is 11.0. The molecule has 2 heterocycles. The highest BCUT2D eigenvalue weighted by molar-refractivity contribution is 5.42. The number of aryl methyl sites for hydroxylation is 1. The molecule has 0 bridgehead atoms. The standard InChI is InChI=1S/C20H23N5/c1-15-22-11-12-25(15)20-14-21-13-19(23-20)24(2)18-10-6-9-17(18)16-7-4-3-5-8-16/h3-5,7-8,11-14,17-18H,6,9-10H2,1-2H3. The second-order valence-corrected chi connectivity index (χ2v) is 6.71. The highest BCUT2D eigenvalue weighted by atomic mass is 15.2. The molecular weight excluding hydrogens is 310 g/mol. The van der Waals surface area contributed by atoms with E-state index in [-0.39, 0.29) is 0 Å². The Kier molecular flexibility index (Phi) is 4.22. The number of imidazole rings is 1. The average Bonchev–Trinajstić information content (AvgIpc) is 3.31. The van der Waals surface area contributed by atoms with Crippen LogP contribution in [0.15, 0.2) is 55.1 Å². The molecule has 2 aromatic heterocycles. The van der Waals surface area contributed by atoms with Crippen LogP contribution >= 0.6 is 0 Å². The monoisotopic (exact) mass is 333 g/mol. The molecule has 0 amide bonds. The quantitative estimate of drug-likeness (QED) is 0.730. The van der Waals surface area contributed by atoms with E-state index in [1.807, 2.05) is 23.9 Å². The summed E-state index contributed by atoms with van der Waals surface area (Å²) in [4.78, 5) is 15.8. The molecule has 128 valence electrons. The Bertz CT molecular complexity index is 842. The molecule has 1 aliphatic carbocycles. The van der Waals surface area contributed by atoms with Crippen LogP contribution in [0, 0.1) is 6.92 Å². The summed E-state index contributed by atoms with van der Waals surface area (Å²) in [7, 11) is 2.14. The van der Waals surface area contributed by atoms with Crippen LogP contribution in [-0.2, 0) is 0 Å². The number of benzene rings is 1. The molecule has 1 aromatic carbocycles. The minimum absolute atomic E-state index is 0.454. The third-order valence-corrected chi connectivity index (χ3v) is 5.25. The first kappa shape index (κ1) is 15.8. The fourth-order valence-electron chi connectivity index (χ4n) is 3.91. The van der Waals surface area contributed by atoms with Crippen LogP contribution < -0.4 is 4.90 Å². The summed E-state index contributed by atoms with van der Waals surface area (Å²) >= 11 is 0. The first-order chi connectivity index (χ1) is 12.2. The molecule has 0 radical (unpaired) electrons. The van der Waals surface area contributed by atoms with Crippen molar-refractivity contribution in [3.8, 4) is 5.82 Å². The van der Waals surface area contributed by atoms with Gasteiger partial charge < -0.3 is 4.90 Å². The largest absolute Gasteiger partial charge is 0.355 e. The lowest BCUT2D eigenvalue weighted by molar-refractivity contribution is 0.574. The van der Waals surface area contributed by atoms with Crippen molar-refractivity contribution < 1.29 is 0 Å². The van der Waals surface area contributed by atoms with Gasteiger partial charge in [0.1, 0.15) is 11.6 Å². The zero-order chi connectivity index (χ0) is 17.2. The maximum Gasteiger partial charge on any atom is 0.159 e. The first-order valence-corrected chi connectivity index (χ1v) is 8.84. The van der Waals surface area contributed by atoms with Gasteiger partial charge in [0.15, 0.2) is 5.82 Å². The maximum absolute atomic E-state index is 4.84. The molecule has 0 N–H and O–H groups in total. The number of anilines is 1. The van der Waals surface area contributed by atoms with Crippen molar-refractivity contribution in [3.05, 3.63) is 66.5 Å². The summed E-state index contributed by atoms with van der Waals surface area (Å²) < 4.78 is 1.97. The Labute approximate surface area is 148 Å². The highest BCUT2D eigenvalue weighted by Crippen LogP contribution is 2.38. The third kappa shape index (κ3) is 3.02. The lowest BCUT2D eigenvalue weighted by Gasteiger charge is -2.31. The van der Waals surface area contributed by atoms with Crippen LogP contribution in [-0.4, -0.2) is 32.6 Å². The van der Waals surface area contributed by atoms with Gasteiger partial charge in [-0.3, -0.25) is 9.55 Å². The van der Waals surface area contributed by atoms with Gasteiger partial charge in [0.25, 0.3) is 0 Å². The van der Waals surface area contributed by atoms with E-state index in [9.17, 15) is 0 Å². The van der Waals surface area contributed by atoms with Crippen molar-refractivity contribution in [2.24, 2.45) is 0 Å². The third-order valence-electron chi connectivity index (χ3n) is 5.25. The van der Waals surface area contributed by atoms with Gasteiger partial charge in [-0.1, -0.05) is 36.8 Å². The summed E-state index contributed by atoms with van der Waals surface area (Å²) in [6.45, 7) is 1.97. The summed E-state index contributed by atoms with van der Waals surface area (Å²) in [6, 6.07) is 11.3. The molecule has 25 heavy (non-hydrogen) atoms. The van der Waals surface area contributed by atoms with Crippen molar-refractivity contribution in [3.63, 3.8) is 0 Å². The minimum Gasteiger partial charge on any atom is -0.355 e. The molecule has 5 nitrogen and oxygen atoms in total. The second kappa shape index (κ2) is 6.67. The lowest BCUT2D eigenvalue weighted by Crippen LogP contribution is -2.34. The number of hydrogen-bond donors (Lipinski definition) is 0. The number of rotatable bonds is 4. The van der Waals surface area contributed by atoms with Gasteiger partial charge in [-0.05, 0) is 25.3 Å². The van der Waals surface area contributed by atoms with Crippen LogP contribution in [0.1, 0.15) is 36.6 Å². The molecule has 3 aromatic rings. The van der Waals surface area contributed by atoms with Crippen molar-refractivity contribution in [2.45, 2.75) is 38.1 Å².